The van der Waals surface area contributed by atoms with Crippen LogP contribution in [0.15, 0.2) is 66.7 Å². The molecule has 0 spiro atoms. The van der Waals surface area contributed by atoms with Gasteiger partial charge in [-0.25, -0.2) is 4.79 Å². The van der Waals surface area contributed by atoms with Gasteiger partial charge in [-0.3, -0.25) is 0 Å². The number of hydrogen-bond acceptors (Lipinski definition) is 3. The number of ether oxygens (including phenoxy) is 2. The zero-order valence-corrected chi connectivity index (χ0v) is 17.9. The van der Waals surface area contributed by atoms with Crippen molar-refractivity contribution in [1.82, 2.24) is 5.32 Å². The van der Waals surface area contributed by atoms with Crippen LogP contribution in [0.25, 0.3) is 11.1 Å². The number of carbonyl (C=O) groups is 1. The molecule has 0 atom stereocenters. The fourth-order valence-electron chi connectivity index (χ4n) is 3.80. The third-order valence-corrected chi connectivity index (χ3v) is 5.48. The fraction of sp³-hybridized carbons (Fsp3) is 0.192. The van der Waals surface area contributed by atoms with Crippen molar-refractivity contribution in [3.05, 3.63) is 88.4 Å². The van der Waals surface area contributed by atoms with E-state index >= 15 is 0 Å². The molecule has 3 aromatic carbocycles. The maximum atomic E-state index is 12.2. The molecule has 0 saturated carbocycles. The van der Waals surface area contributed by atoms with E-state index < -0.39 is 6.09 Å². The van der Waals surface area contributed by atoms with Crippen molar-refractivity contribution >= 4 is 17.7 Å². The van der Waals surface area contributed by atoms with Crippen LogP contribution in [0.5, 0.6) is 5.75 Å². The molecule has 0 aromatic heterocycles. The van der Waals surface area contributed by atoms with Crippen molar-refractivity contribution in [2.45, 2.75) is 12.3 Å². The Morgan fingerprint density at radius 1 is 1.03 bits per heavy atom. The quantitative estimate of drug-likeness (QED) is 0.420. The maximum absolute atomic E-state index is 12.2. The van der Waals surface area contributed by atoms with Crippen molar-refractivity contribution < 1.29 is 14.3 Å². The SMILES string of the molecule is COc1cc(Cl)ccc1C#CCCNC(=O)OCC1c2ccccc2-c2ccccc21. The molecular weight excluding hydrogens is 410 g/mol. The number of fused-ring (bicyclic) bond motifs is 3. The normalized spacial score (nSPS) is 11.7. The second-order valence-corrected chi connectivity index (χ2v) is 7.59. The highest BCUT2D eigenvalue weighted by Gasteiger charge is 2.28. The minimum atomic E-state index is -0.437. The number of amides is 1. The lowest BCUT2D eigenvalue weighted by Gasteiger charge is -2.14. The van der Waals surface area contributed by atoms with Gasteiger partial charge in [0.15, 0.2) is 0 Å². The lowest BCUT2D eigenvalue weighted by molar-refractivity contribution is 0.143. The predicted molar refractivity (Wildman–Crippen MR) is 123 cm³/mol. The van der Waals surface area contributed by atoms with Crippen LogP contribution in [0.1, 0.15) is 29.0 Å². The molecule has 31 heavy (non-hydrogen) atoms. The molecule has 0 bridgehead atoms. The molecule has 4 rings (SSSR count). The highest BCUT2D eigenvalue weighted by molar-refractivity contribution is 6.30. The molecule has 1 aliphatic rings. The van der Waals surface area contributed by atoms with Crippen LogP contribution in [0.4, 0.5) is 4.79 Å². The minimum absolute atomic E-state index is 0.0512. The molecule has 0 aliphatic heterocycles. The number of nitrogens with one attached hydrogen (secondary N) is 1. The van der Waals surface area contributed by atoms with Gasteiger partial charge in [-0.15, -0.1) is 0 Å². The summed E-state index contributed by atoms with van der Waals surface area (Å²) in [5, 5.41) is 3.36. The first kappa shape index (κ1) is 20.8. The second-order valence-electron chi connectivity index (χ2n) is 7.15. The van der Waals surface area contributed by atoms with Gasteiger partial charge in [0.2, 0.25) is 0 Å². The van der Waals surface area contributed by atoms with E-state index in [-0.39, 0.29) is 5.92 Å². The summed E-state index contributed by atoms with van der Waals surface area (Å²) in [7, 11) is 1.58. The van der Waals surface area contributed by atoms with E-state index in [2.05, 4.69) is 41.4 Å². The Morgan fingerprint density at radius 3 is 2.39 bits per heavy atom. The zero-order valence-electron chi connectivity index (χ0n) is 17.2. The monoisotopic (exact) mass is 431 g/mol. The van der Waals surface area contributed by atoms with Crippen molar-refractivity contribution in [3.8, 4) is 28.7 Å². The standard InChI is InChI=1S/C26H22ClNO3/c1-30-25-16-19(27)14-13-18(25)8-6-7-15-28-26(29)31-17-24-22-11-4-2-9-20(22)21-10-3-5-12-23(21)24/h2-5,9-14,16,24H,7,15,17H2,1H3,(H,28,29). The molecular formula is C26H22ClNO3. The Balaban J connectivity index is 1.29. The second kappa shape index (κ2) is 9.59. The summed E-state index contributed by atoms with van der Waals surface area (Å²) >= 11 is 5.96. The summed E-state index contributed by atoms with van der Waals surface area (Å²) in [6.07, 6.45) is 0.0587. The Bertz CT molecular complexity index is 1120. The zero-order chi connectivity index (χ0) is 21.6. The molecule has 1 N–H and O–H groups in total. The van der Waals surface area contributed by atoms with E-state index in [1.807, 2.05) is 30.3 Å². The highest BCUT2D eigenvalue weighted by Crippen LogP contribution is 2.44. The van der Waals surface area contributed by atoms with E-state index in [0.29, 0.717) is 30.3 Å². The topological polar surface area (TPSA) is 47.6 Å². The fourth-order valence-corrected chi connectivity index (χ4v) is 3.96. The highest BCUT2D eigenvalue weighted by atomic mass is 35.5. The summed E-state index contributed by atoms with van der Waals surface area (Å²) in [5.41, 5.74) is 5.56. The Kier molecular flexibility index (Phi) is 6.45. The van der Waals surface area contributed by atoms with Gasteiger partial charge >= 0.3 is 6.09 Å². The van der Waals surface area contributed by atoms with Crippen LogP contribution >= 0.6 is 11.6 Å². The van der Waals surface area contributed by atoms with Crippen LogP contribution in [-0.2, 0) is 4.74 Å². The molecule has 0 saturated heterocycles. The largest absolute Gasteiger partial charge is 0.495 e. The molecule has 156 valence electrons. The number of carbonyl (C=O) groups excluding carboxylic acids is 1. The van der Waals surface area contributed by atoms with Gasteiger partial charge in [-0.2, -0.15) is 0 Å². The Hall–Kier alpha value is -3.42. The summed E-state index contributed by atoms with van der Waals surface area (Å²) < 4.78 is 10.8. The number of methoxy groups -OCH3 is 1. The van der Waals surface area contributed by atoms with Gasteiger partial charge < -0.3 is 14.8 Å². The number of benzene rings is 3. The van der Waals surface area contributed by atoms with Gasteiger partial charge in [-0.1, -0.05) is 72.0 Å². The van der Waals surface area contributed by atoms with Gasteiger partial charge in [0.1, 0.15) is 12.4 Å². The third-order valence-electron chi connectivity index (χ3n) is 5.25. The molecule has 5 heteroatoms. The summed E-state index contributed by atoms with van der Waals surface area (Å²) in [4.78, 5) is 12.2. The third kappa shape index (κ3) is 4.68. The van der Waals surface area contributed by atoms with Crippen molar-refractivity contribution in [1.29, 1.82) is 0 Å². The van der Waals surface area contributed by atoms with Crippen molar-refractivity contribution in [3.63, 3.8) is 0 Å². The van der Waals surface area contributed by atoms with Crippen LogP contribution in [0, 0.1) is 11.8 Å². The van der Waals surface area contributed by atoms with Crippen molar-refractivity contribution in [2.75, 3.05) is 20.3 Å². The lowest BCUT2D eigenvalue weighted by Crippen LogP contribution is -2.26. The van der Waals surface area contributed by atoms with Crippen LogP contribution in [-0.4, -0.2) is 26.4 Å². The van der Waals surface area contributed by atoms with E-state index in [1.54, 1.807) is 19.2 Å². The summed E-state index contributed by atoms with van der Waals surface area (Å²) in [6, 6.07) is 21.8. The van der Waals surface area contributed by atoms with E-state index in [4.69, 9.17) is 21.1 Å². The number of hydrogen-bond donors (Lipinski definition) is 1. The average molecular weight is 432 g/mol. The number of halogens is 1. The van der Waals surface area contributed by atoms with Gasteiger partial charge in [0.05, 0.1) is 12.7 Å². The number of alkyl carbamates (subject to hydrolysis) is 1. The average Bonchev–Trinajstić information content (AvgIpc) is 3.12. The molecule has 1 aliphatic carbocycles. The van der Waals surface area contributed by atoms with Crippen LogP contribution in [0.3, 0.4) is 0 Å². The van der Waals surface area contributed by atoms with Gasteiger partial charge in [0.25, 0.3) is 0 Å². The first-order chi connectivity index (χ1) is 15.2. The molecule has 0 fully saturated rings. The smallest absolute Gasteiger partial charge is 0.407 e. The number of rotatable bonds is 5. The van der Waals surface area contributed by atoms with E-state index in [1.165, 1.54) is 22.3 Å². The van der Waals surface area contributed by atoms with Gasteiger partial charge in [-0.05, 0) is 34.4 Å². The van der Waals surface area contributed by atoms with E-state index in [0.717, 1.165) is 5.56 Å². The first-order valence-electron chi connectivity index (χ1n) is 10.1. The lowest BCUT2D eigenvalue weighted by atomic mass is 9.98. The Labute approximate surface area is 187 Å². The maximum Gasteiger partial charge on any atom is 0.407 e. The predicted octanol–water partition coefficient (Wildman–Crippen LogP) is 5.63. The van der Waals surface area contributed by atoms with Crippen LogP contribution in [0.2, 0.25) is 5.02 Å². The molecule has 3 aromatic rings. The summed E-state index contributed by atoms with van der Waals surface area (Å²) in [6.45, 7) is 0.701. The van der Waals surface area contributed by atoms with E-state index in [9.17, 15) is 4.79 Å². The summed E-state index contributed by atoms with van der Waals surface area (Å²) in [5.74, 6) is 6.75. The van der Waals surface area contributed by atoms with Crippen LogP contribution < -0.4 is 10.1 Å². The minimum Gasteiger partial charge on any atom is -0.495 e. The molecule has 4 nitrogen and oxygen atoms in total. The molecule has 0 heterocycles. The first-order valence-corrected chi connectivity index (χ1v) is 10.5. The van der Waals surface area contributed by atoms with Crippen molar-refractivity contribution in [2.24, 2.45) is 0 Å². The molecule has 1 amide bonds. The molecule has 0 radical (unpaired) electrons. The van der Waals surface area contributed by atoms with Gasteiger partial charge in [0, 0.05) is 30.0 Å². The Morgan fingerprint density at radius 2 is 1.71 bits per heavy atom. The molecule has 0 unspecified atom stereocenters.